The summed E-state index contributed by atoms with van der Waals surface area (Å²) in [7, 11) is 1.97. The SMILES string of the molecule is CNCc1ccc2c(ccn2Cc2cncc(Br)c2)c1. The number of hydrogen-bond donors (Lipinski definition) is 1. The molecule has 0 atom stereocenters. The van der Waals surface area contributed by atoms with Crippen LogP contribution in [0.25, 0.3) is 10.9 Å². The Bertz CT molecular complexity index is 733. The third-order valence-electron chi connectivity index (χ3n) is 3.33. The first-order chi connectivity index (χ1) is 9.76. The van der Waals surface area contributed by atoms with Crippen LogP contribution in [-0.4, -0.2) is 16.6 Å². The zero-order chi connectivity index (χ0) is 13.9. The van der Waals surface area contributed by atoms with Crippen LogP contribution in [-0.2, 0) is 13.1 Å². The first kappa shape index (κ1) is 13.3. The van der Waals surface area contributed by atoms with E-state index in [0.717, 1.165) is 17.6 Å². The van der Waals surface area contributed by atoms with Crippen molar-refractivity contribution in [1.29, 1.82) is 0 Å². The van der Waals surface area contributed by atoms with Gasteiger partial charge in [-0.2, -0.15) is 0 Å². The molecule has 3 rings (SSSR count). The van der Waals surface area contributed by atoms with Gasteiger partial charge in [-0.05, 0) is 63.8 Å². The quantitative estimate of drug-likeness (QED) is 0.793. The van der Waals surface area contributed by atoms with Crippen molar-refractivity contribution >= 4 is 26.8 Å². The van der Waals surface area contributed by atoms with Crippen molar-refractivity contribution in [3.8, 4) is 0 Å². The van der Waals surface area contributed by atoms with E-state index in [1.807, 2.05) is 13.2 Å². The number of benzene rings is 1. The molecule has 0 aliphatic heterocycles. The third-order valence-corrected chi connectivity index (χ3v) is 3.76. The molecule has 2 heterocycles. The second-order valence-electron chi connectivity index (χ2n) is 4.88. The second-order valence-corrected chi connectivity index (χ2v) is 5.79. The van der Waals surface area contributed by atoms with Crippen LogP contribution in [0.5, 0.6) is 0 Å². The summed E-state index contributed by atoms with van der Waals surface area (Å²) in [5.74, 6) is 0. The highest BCUT2D eigenvalue weighted by atomic mass is 79.9. The summed E-state index contributed by atoms with van der Waals surface area (Å²) in [6, 6.07) is 10.9. The number of nitrogens with zero attached hydrogens (tertiary/aromatic N) is 2. The van der Waals surface area contributed by atoms with E-state index in [0.29, 0.717) is 0 Å². The zero-order valence-corrected chi connectivity index (χ0v) is 12.9. The van der Waals surface area contributed by atoms with Crippen molar-refractivity contribution < 1.29 is 0 Å². The fourth-order valence-electron chi connectivity index (χ4n) is 2.44. The lowest BCUT2D eigenvalue weighted by atomic mass is 10.1. The minimum atomic E-state index is 0.835. The van der Waals surface area contributed by atoms with Crippen molar-refractivity contribution in [1.82, 2.24) is 14.9 Å². The Morgan fingerprint density at radius 3 is 2.85 bits per heavy atom. The summed E-state index contributed by atoms with van der Waals surface area (Å²) >= 11 is 3.46. The van der Waals surface area contributed by atoms with Gasteiger partial charge >= 0.3 is 0 Å². The molecule has 0 radical (unpaired) electrons. The summed E-state index contributed by atoms with van der Waals surface area (Å²) in [6.45, 7) is 1.73. The number of nitrogens with one attached hydrogen (secondary N) is 1. The average Bonchev–Trinajstić information content (AvgIpc) is 2.82. The van der Waals surface area contributed by atoms with E-state index < -0.39 is 0 Å². The van der Waals surface area contributed by atoms with Gasteiger partial charge in [0.05, 0.1) is 0 Å². The maximum absolute atomic E-state index is 4.21. The third kappa shape index (κ3) is 2.76. The second kappa shape index (κ2) is 5.77. The number of aromatic nitrogens is 2. The van der Waals surface area contributed by atoms with Crippen molar-refractivity contribution in [2.75, 3.05) is 7.05 Å². The van der Waals surface area contributed by atoms with Crippen LogP contribution in [0, 0.1) is 0 Å². The summed E-state index contributed by atoms with van der Waals surface area (Å²) in [5.41, 5.74) is 3.75. The predicted molar refractivity (Wildman–Crippen MR) is 85.7 cm³/mol. The van der Waals surface area contributed by atoms with Gasteiger partial charge in [0.1, 0.15) is 0 Å². The standard InChI is InChI=1S/C16H16BrN3/c1-18-8-12-2-3-16-14(6-12)4-5-20(16)11-13-7-15(17)10-19-9-13/h2-7,9-10,18H,8,11H2,1H3. The van der Waals surface area contributed by atoms with Crippen molar-refractivity contribution in [3.63, 3.8) is 0 Å². The maximum atomic E-state index is 4.21. The Morgan fingerprint density at radius 2 is 2.05 bits per heavy atom. The molecule has 0 saturated heterocycles. The van der Waals surface area contributed by atoms with Crippen LogP contribution in [0.15, 0.2) is 53.4 Å². The predicted octanol–water partition coefficient (Wildman–Crippen LogP) is 3.57. The van der Waals surface area contributed by atoms with Crippen molar-refractivity contribution in [2.45, 2.75) is 13.1 Å². The van der Waals surface area contributed by atoms with E-state index >= 15 is 0 Å². The molecule has 0 unspecified atom stereocenters. The molecule has 3 aromatic rings. The highest BCUT2D eigenvalue weighted by Gasteiger charge is 2.03. The zero-order valence-electron chi connectivity index (χ0n) is 11.3. The van der Waals surface area contributed by atoms with Gasteiger partial charge in [-0.15, -0.1) is 0 Å². The molecular weight excluding hydrogens is 314 g/mol. The van der Waals surface area contributed by atoms with Gasteiger partial charge in [0.15, 0.2) is 0 Å². The molecule has 20 heavy (non-hydrogen) atoms. The molecule has 3 nitrogen and oxygen atoms in total. The molecule has 1 aromatic carbocycles. The van der Waals surface area contributed by atoms with Crippen LogP contribution in [0.3, 0.4) is 0 Å². The van der Waals surface area contributed by atoms with Gasteiger partial charge in [-0.1, -0.05) is 6.07 Å². The lowest BCUT2D eigenvalue weighted by Crippen LogP contribution is -2.04. The first-order valence-corrected chi connectivity index (χ1v) is 7.37. The highest BCUT2D eigenvalue weighted by Crippen LogP contribution is 2.19. The summed E-state index contributed by atoms with van der Waals surface area (Å²) < 4.78 is 3.27. The number of pyridine rings is 1. The van der Waals surface area contributed by atoms with E-state index in [9.17, 15) is 0 Å². The smallest absolute Gasteiger partial charge is 0.0491 e. The van der Waals surface area contributed by atoms with E-state index in [1.54, 1.807) is 6.20 Å². The monoisotopic (exact) mass is 329 g/mol. The Morgan fingerprint density at radius 1 is 1.15 bits per heavy atom. The highest BCUT2D eigenvalue weighted by molar-refractivity contribution is 9.10. The van der Waals surface area contributed by atoms with E-state index in [2.05, 4.69) is 67.3 Å². The number of rotatable bonds is 4. The van der Waals surface area contributed by atoms with Crippen LogP contribution < -0.4 is 5.32 Å². The normalized spacial score (nSPS) is 11.1. The van der Waals surface area contributed by atoms with Gasteiger partial charge in [0.25, 0.3) is 0 Å². The Balaban J connectivity index is 1.92. The van der Waals surface area contributed by atoms with Gasteiger partial charge in [-0.25, -0.2) is 0 Å². The van der Waals surface area contributed by atoms with Gasteiger partial charge in [0, 0.05) is 41.7 Å². The van der Waals surface area contributed by atoms with Crippen LogP contribution in [0.1, 0.15) is 11.1 Å². The lowest BCUT2D eigenvalue weighted by Gasteiger charge is -2.07. The van der Waals surface area contributed by atoms with Crippen molar-refractivity contribution in [2.24, 2.45) is 0 Å². The minimum Gasteiger partial charge on any atom is -0.343 e. The molecule has 0 bridgehead atoms. The first-order valence-electron chi connectivity index (χ1n) is 6.58. The minimum absolute atomic E-state index is 0.835. The Kier molecular flexibility index (Phi) is 3.85. The number of fused-ring (bicyclic) bond motifs is 1. The Hall–Kier alpha value is -1.65. The Labute approximate surface area is 126 Å². The largest absolute Gasteiger partial charge is 0.343 e. The van der Waals surface area contributed by atoms with E-state index in [1.165, 1.54) is 22.0 Å². The van der Waals surface area contributed by atoms with Crippen LogP contribution >= 0.6 is 15.9 Å². The average molecular weight is 330 g/mol. The van der Waals surface area contributed by atoms with Gasteiger partial charge in [0.2, 0.25) is 0 Å². The summed E-state index contributed by atoms with van der Waals surface area (Å²) in [5, 5.41) is 4.46. The molecule has 0 aliphatic rings. The molecule has 1 N–H and O–H groups in total. The van der Waals surface area contributed by atoms with Gasteiger partial charge in [-0.3, -0.25) is 4.98 Å². The van der Waals surface area contributed by atoms with Crippen LogP contribution in [0.2, 0.25) is 0 Å². The van der Waals surface area contributed by atoms with E-state index in [4.69, 9.17) is 0 Å². The summed E-state index contributed by atoms with van der Waals surface area (Å²) in [4.78, 5) is 4.21. The molecule has 4 heteroatoms. The molecular formula is C16H16BrN3. The van der Waals surface area contributed by atoms with Crippen molar-refractivity contribution in [3.05, 3.63) is 64.5 Å². The molecule has 0 amide bonds. The molecule has 0 aliphatic carbocycles. The van der Waals surface area contributed by atoms with Gasteiger partial charge < -0.3 is 9.88 Å². The molecule has 2 aromatic heterocycles. The number of hydrogen-bond acceptors (Lipinski definition) is 2. The number of halogens is 1. The molecule has 0 fully saturated rings. The maximum Gasteiger partial charge on any atom is 0.0491 e. The van der Waals surface area contributed by atoms with Crippen LogP contribution in [0.4, 0.5) is 0 Å². The fraction of sp³-hybridized carbons (Fsp3) is 0.188. The topological polar surface area (TPSA) is 29.9 Å². The fourth-order valence-corrected chi connectivity index (χ4v) is 2.85. The molecule has 102 valence electrons. The molecule has 0 saturated carbocycles. The molecule has 0 spiro atoms. The lowest BCUT2D eigenvalue weighted by molar-refractivity contribution is 0.816. The van der Waals surface area contributed by atoms with E-state index in [-0.39, 0.29) is 0 Å². The summed E-state index contributed by atoms with van der Waals surface area (Å²) in [6.07, 6.45) is 5.85.